The van der Waals surface area contributed by atoms with E-state index in [2.05, 4.69) is 20.4 Å². The standard InChI is InChI=1S/C19H35N5O3.2ClH/c1-27-18(25)15-17(23-9-3-2-4-10-23)21-19(26)24-13-11-22(12-14-24)16-5-7-20-8-6-16;;/h16-17,20H,2-15H2,1H3,(H,21,26);2*1H. The lowest BCUT2D eigenvalue weighted by Gasteiger charge is -2.41. The van der Waals surface area contributed by atoms with Crippen molar-refractivity contribution in [3.05, 3.63) is 0 Å². The molecule has 0 aromatic rings. The van der Waals surface area contributed by atoms with E-state index in [1.54, 1.807) is 0 Å². The number of amides is 2. The molecule has 2 N–H and O–H groups in total. The van der Waals surface area contributed by atoms with E-state index in [9.17, 15) is 9.59 Å². The smallest absolute Gasteiger partial charge is 0.318 e. The van der Waals surface area contributed by atoms with Crippen LogP contribution in [-0.4, -0.2) is 98.4 Å². The number of methoxy groups -OCH3 is 1. The number of hydrogen-bond acceptors (Lipinski definition) is 6. The third-order valence-electron chi connectivity index (χ3n) is 6.14. The minimum atomic E-state index is -0.276. The lowest BCUT2D eigenvalue weighted by atomic mass is 10.0. The highest BCUT2D eigenvalue weighted by molar-refractivity contribution is 5.85. The molecule has 0 bridgehead atoms. The minimum absolute atomic E-state index is 0. The molecular formula is C19H37Cl2N5O3. The van der Waals surface area contributed by atoms with E-state index >= 15 is 0 Å². The molecule has 0 saturated carbocycles. The van der Waals surface area contributed by atoms with Gasteiger partial charge < -0.3 is 20.3 Å². The van der Waals surface area contributed by atoms with Crippen molar-refractivity contribution in [3.63, 3.8) is 0 Å². The molecule has 8 nitrogen and oxygen atoms in total. The molecule has 0 radical (unpaired) electrons. The van der Waals surface area contributed by atoms with Gasteiger partial charge in [0.2, 0.25) is 0 Å². The van der Waals surface area contributed by atoms with Crippen LogP contribution in [-0.2, 0) is 9.53 Å². The molecule has 3 heterocycles. The molecule has 170 valence electrons. The Labute approximate surface area is 186 Å². The molecule has 3 aliphatic rings. The molecular weight excluding hydrogens is 417 g/mol. The van der Waals surface area contributed by atoms with Gasteiger partial charge >= 0.3 is 12.0 Å². The van der Waals surface area contributed by atoms with Gasteiger partial charge in [-0.2, -0.15) is 0 Å². The number of rotatable bonds is 5. The summed E-state index contributed by atoms with van der Waals surface area (Å²) in [5, 5.41) is 6.51. The van der Waals surface area contributed by atoms with Gasteiger partial charge in [0.1, 0.15) is 0 Å². The summed E-state index contributed by atoms with van der Waals surface area (Å²) < 4.78 is 4.84. The first-order valence-corrected chi connectivity index (χ1v) is 10.5. The van der Waals surface area contributed by atoms with Crippen LogP contribution in [0.15, 0.2) is 0 Å². The molecule has 1 atom stereocenters. The number of urea groups is 1. The highest BCUT2D eigenvalue weighted by atomic mass is 35.5. The van der Waals surface area contributed by atoms with E-state index in [0.29, 0.717) is 6.04 Å². The molecule has 3 saturated heterocycles. The summed E-state index contributed by atoms with van der Waals surface area (Å²) in [6, 6.07) is 0.594. The Bertz CT molecular complexity index is 494. The molecule has 0 spiro atoms. The van der Waals surface area contributed by atoms with E-state index in [-0.39, 0.29) is 49.4 Å². The van der Waals surface area contributed by atoms with Crippen LogP contribution < -0.4 is 10.6 Å². The zero-order valence-corrected chi connectivity index (χ0v) is 19.1. The second-order valence-electron chi connectivity index (χ2n) is 7.85. The van der Waals surface area contributed by atoms with Crippen molar-refractivity contribution in [1.29, 1.82) is 0 Å². The van der Waals surface area contributed by atoms with Gasteiger partial charge in [-0.15, -0.1) is 24.8 Å². The Balaban J connectivity index is 0.00000210. The van der Waals surface area contributed by atoms with E-state index in [0.717, 1.165) is 65.2 Å². The average Bonchev–Trinajstić information content (AvgIpc) is 2.74. The van der Waals surface area contributed by atoms with Crippen LogP contribution >= 0.6 is 24.8 Å². The van der Waals surface area contributed by atoms with Crippen LogP contribution in [0, 0.1) is 0 Å². The van der Waals surface area contributed by atoms with Crippen molar-refractivity contribution >= 4 is 36.8 Å². The predicted octanol–water partition coefficient (Wildman–Crippen LogP) is 1.28. The monoisotopic (exact) mass is 453 g/mol. The number of carbonyl (C=O) groups excluding carboxylic acids is 2. The van der Waals surface area contributed by atoms with Gasteiger partial charge in [0.05, 0.1) is 19.7 Å². The average molecular weight is 454 g/mol. The van der Waals surface area contributed by atoms with Gasteiger partial charge in [-0.3, -0.25) is 14.6 Å². The molecule has 2 amide bonds. The van der Waals surface area contributed by atoms with Crippen LogP contribution in [0.5, 0.6) is 0 Å². The minimum Gasteiger partial charge on any atom is -0.469 e. The molecule has 3 aliphatic heterocycles. The Hall–Kier alpha value is -0.800. The van der Waals surface area contributed by atoms with Gasteiger partial charge in [0.15, 0.2) is 0 Å². The van der Waals surface area contributed by atoms with Gasteiger partial charge in [-0.25, -0.2) is 4.79 Å². The summed E-state index contributed by atoms with van der Waals surface area (Å²) in [4.78, 5) is 31.3. The SMILES string of the molecule is COC(=O)CC(NC(=O)N1CCN(C2CCNCC2)CC1)N1CCCCC1.Cl.Cl. The van der Waals surface area contributed by atoms with Crippen LogP contribution in [0.1, 0.15) is 38.5 Å². The first kappa shape index (κ1) is 26.2. The van der Waals surface area contributed by atoms with Crippen molar-refractivity contribution in [1.82, 2.24) is 25.3 Å². The first-order chi connectivity index (χ1) is 13.2. The van der Waals surface area contributed by atoms with Gasteiger partial charge in [0, 0.05) is 45.3 Å². The Kier molecular flexibility index (Phi) is 12.2. The highest BCUT2D eigenvalue weighted by Crippen LogP contribution is 2.16. The van der Waals surface area contributed by atoms with Crippen molar-refractivity contribution in [2.75, 3.05) is 59.5 Å². The van der Waals surface area contributed by atoms with Crippen LogP contribution in [0.25, 0.3) is 0 Å². The van der Waals surface area contributed by atoms with Crippen molar-refractivity contribution < 1.29 is 14.3 Å². The third-order valence-corrected chi connectivity index (χ3v) is 6.14. The fourth-order valence-corrected chi connectivity index (χ4v) is 4.44. The maximum Gasteiger partial charge on any atom is 0.318 e. The summed E-state index contributed by atoms with van der Waals surface area (Å²) in [5.74, 6) is -0.276. The fourth-order valence-electron chi connectivity index (χ4n) is 4.44. The number of esters is 1. The molecule has 0 aromatic carbocycles. The second-order valence-corrected chi connectivity index (χ2v) is 7.85. The van der Waals surface area contributed by atoms with Gasteiger partial charge in [-0.05, 0) is 38.8 Å². The Morgan fingerprint density at radius 3 is 2.21 bits per heavy atom. The normalized spacial score (nSPS) is 22.7. The zero-order chi connectivity index (χ0) is 19.1. The summed E-state index contributed by atoms with van der Waals surface area (Å²) in [7, 11) is 1.40. The van der Waals surface area contributed by atoms with Crippen molar-refractivity contribution in [3.8, 4) is 0 Å². The number of hydrogen-bond donors (Lipinski definition) is 2. The number of nitrogens with one attached hydrogen (secondary N) is 2. The molecule has 3 fully saturated rings. The maximum atomic E-state index is 12.8. The lowest BCUT2D eigenvalue weighted by molar-refractivity contribution is -0.142. The number of halogens is 2. The predicted molar refractivity (Wildman–Crippen MR) is 118 cm³/mol. The molecule has 0 aromatic heterocycles. The third kappa shape index (κ3) is 7.75. The van der Waals surface area contributed by atoms with Crippen LogP contribution in [0.4, 0.5) is 4.79 Å². The van der Waals surface area contributed by atoms with E-state index in [4.69, 9.17) is 4.74 Å². The molecule has 10 heteroatoms. The van der Waals surface area contributed by atoms with Crippen LogP contribution in [0.3, 0.4) is 0 Å². The largest absolute Gasteiger partial charge is 0.469 e. The first-order valence-electron chi connectivity index (χ1n) is 10.5. The molecule has 3 rings (SSSR count). The van der Waals surface area contributed by atoms with Gasteiger partial charge in [0.25, 0.3) is 0 Å². The lowest BCUT2D eigenvalue weighted by Crippen LogP contribution is -2.59. The van der Waals surface area contributed by atoms with E-state index in [1.165, 1.54) is 26.4 Å². The Morgan fingerprint density at radius 2 is 1.62 bits per heavy atom. The Morgan fingerprint density at radius 1 is 1.00 bits per heavy atom. The maximum absolute atomic E-state index is 12.8. The highest BCUT2D eigenvalue weighted by Gasteiger charge is 2.30. The van der Waals surface area contributed by atoms with Crippen LogP contribution in [0.2, 0.25) is 0 Å². The summed E-state index contributed by atoms with van der Waals surface area (Å²) in [5.41, 5.74) is 0. The number of piperidine rings is 2. The topological polar surface area (TPSA) is 77.1 Å². The molecule has 29 heavy (non-hydrogen) atoms. The van der Waals surface area contributed by atoms with Crippen molar-refractivity contribution in [2.45, 2.75) is 50.7 Å². The van der Waals surface area contributed by atoms with E-state index in [1.807, 2.05) is 4.90 Å². The number of ether oxygens (including phenoxy) is 1. The second kappa shape index (κ2) is 13.5. The van der Waals surface area contributed by atoms with E-state index < -0.39 is 0 Å². The quantitative estimate of drug-likeness (QED) is 0.610. The summed E-state index contributed by atoms with van der Waals surface area (Å²) in [6.07, 6.45) is 5.77. The number of piperazine rings is 1. The number of nitrogens with zero attached hydrogens (tertiary/aromatic N) is 3. The fraction of sp³-hybridized carbons (Fsp3) is 0.895. The number of likely N-dealkylation sites (tertiary alicyclic amines) is 1. The van der Waals surface area contributed by atoms with Gasteiger partial charge in [-0.1, -0.05) is 6.42 Å². The zero-order valence-electron chi connectivity index (χ0n) is 17.4. The summed E-state index contributed by atoms with van der Waals surface area (Å²) in [6.45, 7) is 7.40. The van der Waals surface area contributed by atoms with Crippen molar-refractivity contribution in [2.24, 2.45) is 0 Å². The molecule has 1 unspecified atom stereocenters. The summed E-state index contributed by atoms with van der Waals surface area (Å²) >= 11 is 0. The number of carbonyl (C=O) groups is 2. The molecule has 0 aliphatic carbocycles.